The summed E-state index contributed by atoms with van der Waals surface area (Å²) in [6, 6.07) is 9.32. The van der Waals surface area contributed by atoms with Gasteiger partial charge in [-0.25, -0.2) is 0 Å². The van der Waals surface area contributed by atoms with Crippen LogP contribution in [0.25, 0.3) is 0 Å². The van der Waals surface area contributed by atoms with E-state index in [0.717, 1.165) is 23.6 Å². The summed E-state index contributed by atoms with van der Waals surface area (Å²) in [5.41, 5.74) is 1.21. The lowest BCUT2D eigenvalue weighted by Gasteiger charge is -2.18. The summed E-state index contributed by atoms with van der Waals surface area (Å²) >= 11 is 0. The van der Waals surface area contributed by atoms with Gasteiger partial charge in [-0.1, -0.05) is 32.0 Å². The highest BCUT2D eigenvalue weighted by molar-refractivity contribution is 5.91. The van der Waals surface area contributed by atoms with E-state index in [9.17, 15) is 18.0 Å². The number of hydrogen-bond acceptors (Lipinski definition) is 2. The lowest BCUT2D eigenvalue weighted by molar-refractivity contribution is -0.138. The molecule has 0 atom stereocenters. The number of benzene rings is 2. The summed E-state index contributed by atoms with van der Waals surface area (Å²) in [5.74, 6) is 0.168. The Bertz CT molecular complexity index is 785. The molecule has 0 aliphatic carbocycles. The van der Waals surface area contributed by atoms with Crippen molar-refractivity contribution in [2.24, 2.45) is 0 Å². The van der Waals surface area contributed by atoms with E-state index in [1.165, 1.54) is 12.1 Å². The number of anilines is 1. The quantitative estimate of drug-likeness (QED) is 0.734. The highest BCUT2D eigenvalue weighted by atomic mass is 19.4. The Hall–Kier alpha value is -2.50. The van der Waals surface area contributed by atoms with Crippen LogP contribution in [-0.2, 0) is 24.0 Å². The van der Waals surface area contributed by atoms with Crippen LogP contribution in [0.3, 0.4) is 0 Å². The Morgan fingerprint density at radius 1 is 1.15 bits per heavy atom. The Balaban J connectivity index is 2.35. The van der Waals surface area contributed by atoms with Gasteiger partial charge in [-0.05, 0) is 42.7 Å². The summed E-state index contributed by atoms with van der Waals surface area (Å²) in [5, 5.41) is 2.52. The van der Waals surface area contributed by atoms with Crippen LogP contribution in [0.2, 0.25) is 0 Å². The lowest BCUT2D eigenvalue weighted by atomic mass is 10.0. The molecule has 0 spiro atoms. The van der Waals surface area contributed by atoms with Crippen molar-refractivity contribution in [2.75, 3.05) is 5.32 Å². The van der Waals surface area contributed by atoms with Crippen molar-refractivity contribution in [3.63, 3.8) is 0 Å². The Labute approximate surface area is 151 Å². The summed E-state index contributed by atoms with van der Waals surface area (Å²) < 4.78 is 45.8. The maximum Gasteiger partial charge on any atom is 0.416 e. The zero-order valence-electron chi connectivity index (χ0n) is 15.0. The van der Waals surface area contributed by atoms with Crippen molar-refractivity contribution in [2.45, 2.75) is 46.4 Å². The van der Waals surface area contributed by atoms with Crippen LogP contribution >= 0.6 is 0 Å². The minimum atomic E-state index is -4.53. The Kier molecular flexibility index (Phi) is 6.29. The number of hydrogen-bond donors (Lipinski definition) is 1. The fraction of sp³-hybridized carbons (Fsp3) is 0.350. The molecule has 6 heteroatoms. The molecule has 0 saturated carbocycles. The lowest BCUT2D eigenvalue weighted by Crippen LogP contribution is -2.17. The molecular formula is C20H22F3NO2. The molecule has 0 aliphatic heterocycles. The number of halogens is 3. The molecule has 0 radical (unpaired) electrons. The van der Waals surface area contributed by atoms with Crippen molar-refractivity contribution >= 4 is 11.6 Å². The molecule has 0 aliphatic rings. The number of carbonyl (C=O) groups excluding carboxylic acids is 1. The van der Waals surface area contributed by atoms with E-state index < -0.39 is 11.7 Å². The van der Waals surface area contributed by atoms with Gasteiger partial charge in [0.05, 0.1) is 5.56 Å². The summed E-state index contributed by atoms with van der Waals surface area (Å²) in [6.07, 6.45) is -3.49. The molecule has 0 heterocycles. The zero-order valence-corrected chi connectivity index (χ0v) is 15.0. The van der Waals surface area contributed by atoms with Crippen LogP contribution in [-0.4, -0.2) is 5.91 Å². The van der Waals surface area contributed by atoms with E-state index in [1.54, 1.807) is 13.0 Å². The maximum absolute atomic E-state index is 13.4. The number of nitrogens with one attached hydrogen (secondary N) is 1. The average molecular weight is 365 g/mol. The minimum Gasteiger partial charge on any atom is -0.489 e. The van der Waals surface area contributed by atoms with Crippen LogP contribution in [0.1, 0.15) is 42.5 Å². The summed E-state index contributed by atoms with van der Waals surface area (Å²) in [6.45, 7) is 5.22. The fourth-order valence-corrected chi connectivity index (χ4v) is 2.61. The molecule has 0 fully saturated rings. The molecule has 3 nitrogen and oxygen atoms in total. The first kappa shape index (κ1) is 19.8. The highest BCUT2D eigenvalue weighted by Crippen LogP contribution is 2.36. The zero-order chi connectivity index (χ0) is 19.3. The van der Waals surface area contributed by atoms with Crippen molar-refractivity contribution < 1.29 is 22.7 Å². The molecule has 140 valence electrons. The van der Waals surface area contributed by atoms with Crippen LogP contribution < -0.4 is 10.1 Å². The molecule has 2 rings (SSSR count). The predicted molar refractivity (Wildman–Crippen MR) is 95.3 cm³/mol. The third-order valence-corrected chi connectivity index (χ3v) is 4.10. The standard InChI is InChI=1S/C20H22F3NO2/c1-4-14-9-10-18(13(3)11-14)26-12-15-16(20(21,22)23)7-6-8-17(15)24-19(25)5-2/h6-11H,4-5,12H2,1-3H3,(H,24,25). The first-order chi connectivity index (χ1) is 12.3. The number of carbonyl (C=O) groups is 1. The van der Waals surface area contributed by atoms with E-state index in [0.29, 0.717) is 5.75 Å². The molecule has 0 unspecified atom stereocenters. The van der Waals surface area contributed by atoms with E-state index in [-0.39, 0.29) is 30.2 Å². The number of amides is 1. The van der Waals surface area contributed by atoms with Gasteiger partial charge in [-0.15, -0.1) is 0 Å². The van der Waals surface area contributed by atoms with Gasteiger partial charge in [0.2, 0.25) is 5.91 Å². The van der Waals surface area contributed by atoms with Crippen LogP contribution in [0.15, 0.2) is 36.4 Å². The predicted octanol–water partition coefficient (Wildman–Crippen LogP) is 5.50. The van der Waals surface area contributed by atoms with Gasteiger partial charge < -0.3 is 10.1 Å². The highest BCUT2D eigenvalue weighted by Gasteiger charge is 2.34. The molecule has 2 aromatic rings. The molecule has 0 aromatic heterocycles. The van der Waals surface area contributed by atoms with E-state index in [2.05, 4.69) is 5.32 Å². The van der Waals surface area contributed by atoms with Crippen molar-refractivity contribution in [3.05, 3.63) is 58.7 Å². The number of alkyl halides is 3. The van der Waals surface area contributed by atoms with Gasteiger partial charge in [0.15, 0.2) is 0 Å². The Morgan fingerprint density at radius 2 is 1.88 bits per heavy atom. The number of ether oxygens (including phenoxy) is 1. The van der Waals surface area contributed by atoms with Crippen molar-refractivity contribution in [1.82, 2.24) is 0 Å². The maximum atomic E-state index is 13.4. The third-order valence-electron chi connectivity index (χ3n) is 4.10. The van der Waals surface area contributed by atoms with Gasteiger partial charge in [0.25, 0.3) is 0 Å². The SMILES string of the molecule is CCC(=O)Nc1cccc(C(F)(F)F)c1COc1ccc(CC)cc1C. The topological polar surface area (TPSA) is 38.3 Å². The first-order valence-electron chi connectivity index (χ1n) is 8.47. The number of rotatable bonds is 6. The average Bonchev–Trinajstić information content (AvgIpc) is 2.60. The molecule has 1 amide bonds. The third kappa shape index (κ3) is 4.77. The van der Waals surface area contributed by atoms with Gasteiger partial charge in [0, 0.05) is 17.7 Å². The largest absolute Gasteiger partial charge is 0.489 e. The second kappa shape index (κ2) is 8.25. The second-order valence-electron chi connectivity index (χ2n) is 5.97. The smallest absolute Gasteiger partial charge is 0.416 e. The first-order valence-corrected chi connectivity index (χ1v) is 8.47. The van der Waals surface area contributed by atoms with Gasteiger partial charge in [-0.2, -0.15) is 13.2 Å². The molecule has 1 N–H and O–H groups in total. The van der Waals surface area contributed by atoms with Crippen LogP contribution in [0.4, 0.5) is 18.9 Å². The van der Waals surface area contributed by atoms with Crippen LogP contribution in [0, 0.1) is 6.92 Å². The molecule has 26 heavy (non-hydrogen) atoms. The van der Waals surface area contributed by atoms with Gasteiger partial charge in [-0.3, -0.25) is 4.79 Å². The van der Waals surface area contributed by atoms with Gasteiger partial charge in [0.1, 0.15) is 12.4 Å². The van der Waals surface area contributed by atoms with Crippen LogP contribution in [0.5, 0.6) is 5.75 Å². The number of aryl methyl sites for hydroxylation is 2. The van der Waals surface area contributed by atoms with Gasteiger partial charge >= 0.3 is 6.18 Å². The van der Waals surface area contributed by atoms with Crippen molar-refractivity contribution in [1.29, 1.82) is 0 Å². The van der Waals surface area contributed by atoms with E-state index in [1.807, 2.05) is 26.0 Å². The molecule has 2 aromatic carbocycles. The summed E-state index contributed by atoms with van der Waals surface area (Å²) in [7, 11) is 0. The Morgan fingerprint density at radius 3 is 2.46 bits per heavy atom. The molecular weight excluding hydrogens is 343 g/mol. The normalized spacial score (nSPS) is 11.3. The monoisotopic (exact) mass is 365 g/mol. The van der Waals surface area contributed by atoms with E-state index >= 15 is 0 Å². The second-order valence-corrected chi connectivity index (χ2v) is 5.97. The fourth-order valence-electron chi connectivity index (χ4n) is 2.61. The summed E-state index contributed by atoms with van der Waals surface area (Å²) in [4.78, 5) is 11.7. The molecule has 0 bridgehead atoms. The molecule has 0 saturated heterocycles. The van der Waals surface area contributed by atoms with Crippen molar-refractivity contribution in [3.8, 4) is 5.75 Å². The van der Waals surface area contributed by atoms with E-state index in [4.69, 9.17) is 4.74 Å². The minimum absolute atomic E-state index is 0.0826.